The third-order valence-corrected chi connectivity index (χ3v) is 3.36. The number of hydrogen-bond donors (Lipinski definition) is 0. The summed E-state index contributed by atoms with van der Waals surface area (Å²) in [6.45, 7) is 0. The molecule has 48 valence electrons. The summed E-state index contributed by atoms with van der Waals surface area (Å²) >= 11 is 15.0. The van der Waals surface area contributed by atoms with E-state index in [0.29, 0.717) is 0 Å². The first-order valence-electron chi connectivity index (χ1n) is 1.59. The van der Waals surface area contributed by atoms with Crippen molar-refractivity contribution in [2.45, 2.75) is 0 Å². The fourth-order valence-corrected chi connectivity index (χ4v) is 3.28. The van der Waals surface area contributed by atoms with Crippen LogP contribution in [0.1, 0.15) is 0 Å². The zero-order chi connectivity index (χ0) is 7.33. The van der Waals surface area contributed by atoms with E-state index in [-0.39, 0.29) is 0 Å². The second-order valence-corrected chi connectivity index (χ2v) is 11.3. The van der Waals surface area contributed by atoms with Crippen molar-refractivity contribution in [3.05, 3.63) is 0 Å². The van der Waals surface area contributed by atoms with Gasteiger partial charge in [0.2, 0.25) is 31.0 Å². The Kier molecular flexibility index (Phi) is 5.27. The molecule has 0 fully saturated rings. The molecule has 0 aromatic rings. The van der Waals surface area contributed by atoms with Crippen molar-refractivity contribution < 1.29 is 0 Å². The highest BCUT2D eigenvalue weighted by atomic mass is 79.9. The first-order valence-corrected chi connectivity index (χ1v) is 8.14. The highest BCUT2D eigenvalue weighted by Crippen LogP contribution is 2.75. The van der Waals surface area contributed by atoms with E-state index in [1.807, 2.05) is 0 Å². The first-order chi connectivity index (χ1) is 4.12. The Morgan fingerprint density at radius 2 is 1.44 bits per heavy atom. The van der Waals surface area contributed by atoms with E-state index >= 15 is 0 Å². The highest BCUT2D eigenvalue weighted by Gasteiger charge is 2.32. The Bertz CT molecular complexity index is 173. The molecule has 0 rings (SSSR count). The third-order valence-electron chi connectivity index (χ3n) is 0.322. The summed E-state index contributed by atoms with van der Waals surface area (Å²) in [4.78, 5) is -2.00. The molecule has 0 aromatic heterocycles. The van der Waals surface area contributed by atoms with Gasteiger partial charge in [0.25, 0.3) is 0 Å². The van der Waals surface area contributed by atoms with Crippen molar-refractivity contribution in [2.24, 2.45) is 9.53 Å². The predicted molar refractivity (Wildman–Crippen MR) is 54.8 cm³/mol. The maximum atomic E-state index is 4.34. The maximum Gasteiger partial charge on any atom is 0.405 e. The monoisotopic (exact) mass is 305 g/mol. The molecule has 0 saturated carbocycles. The average molecular weight is 307 g/mol. The summed E-state index contributed by atoms with van der Waals surface area (Å²) in [5, 5.41) is 4.35. The number of halogens is 2. The van der Waals surface area contributed by atoms with Gasteiger partial charge in [-0.25, -0.2) is 0 Å². The van der Waals surface area contributed by atoms with Gasteiger partial charge in [0, 0.05) is 0 Å². The lowest BCUT2D eigenvalue weighted by molar-refractivity contribution is 1.85. The molecule has 0 aliphatic carbocycles. The summed E-state index contributed by atoms with van der Waals surface area (Å²) in [5.74, 6) is 0. The molecule has 0 radical (unpaired) electrons. The molecule has 0 heterocycles. The quantitative estimate of drug-likeness (QED) is 0.442. The smallest absolute Gasteiger partial charge is 0.0220 e. The maximum absolute atomic E-state index is 4.34. The van der Waals surface area contributed by atoms with Crippen molar-refractivity contribution in [1.82, 2.24) is 0 Å². The molecular formula is C2Br2N2PS2+. The molecule has 0 aliphatic heterocycles. The van der Waals surface area contributed by atoms with Crippen LogP contribution < -0.4 is 0 Å². The summed E-state index contributed by atoms with van der Waals surface area (Å²) in [5.41, 5.74) is 0. The molecule has 0 aromatic carbocycles. The number of rotatable bonds is 2. The molecule has 0 atom stereocenters. The molecule has 0 bridgehead atoms. The minimum atomic E-state index is -2.00. The fraction of sp³-hybridized carbons (Fsp3) is 0. The van der Waals surface area contributed by atoms with E-state index < -0.39 is 4.97 Å². The van der Waals surface area contributed by atoms with Crippen LogP contribution in [0.2, 0.25) is 0 Å². The Labute approximate surface area is 79.8 Å². The topological polar surface area (TPSA) is 24.7 Å². The minimum absolute atomic E-state index is 2.00. The Morgan fingerprint density at radius 1 is 1.11 bits per heavy atom. The van der Waals surface area contributed by atoms with Crippen LogP contribution in [0.15, 0.2) is 9.53 Å². The van der Waals surface area contributed by atoms with Gasteiger partial charge in [-0.05, 0) is 34.0 Å². The molecule has 0 N–H and O–H groups in total. The van der Waals surface area contributed by atoms with E-state index in [9.17, 15) is 0 Å². The highest BCUT2D eigenvalue weighted by molar-refractivity contribution is 9.72. The zero-order valence-corrected chi connectivity index (χ0v) is 9.61. The lowest BCUT2D eigenvalue weighted by atomic mass is 11.8. The number of nitrogens with zero attached hydrogens (tertiary/aromatic N) is 2. The van der Waals surface area contributed by atoms with Crippen molar-refractivity contribution >= 4 is 70.7 Å². The predicted octanol–water partition coefficient (Wildman–Crippen LogP) is 3.66. The van der Waals surface area contributed by atoms with Crippen molar-refractivity contribution in [3.8, 4) is 0 Å². The molecule has 0 aliphatic rings. The van der Waals surface area contributed by atoms with Gasteiger partial charge in [-0.1, -0.05) is 0 Å². The van der Waals surface area contributed by atoms with E-state index in [4.69, 9.17) is 0 Å². The Balaban J connectivity index is 4.36. The molecule has 9 heavy (non-hydrogen) atoms. The lowest BCUT2D eigenvalue weighted by Gasteiger charge is -1.86. The van der Waals surface area contributed by atoms with E-state index in [1.165, 1.54) is 0 Å². The molecule has 0 saturated heterocycles. The summed E-state index contributed by atoms with van der Waals surface area (Å²) in [7, 11) is 0. The van der Waals surface area contributed by atoms with Crippen LogP contribution in [0, 0.1) is 0 Å². The molecule has 0 amide bonds. The van der Waals surface area contributed by atoms with Gasteiger partial charge in [-0.15, -0.1) is 0 Å². The van der Waals surface area contributed by atoms with Gasteiger partial charge in [0.1, 0.15) is 10.3 Å². The number of isothiocyanates is 2. The fourth-order valence-electron chi connectivity index (χ4n) is 0.121. The summed E-state index contributed by atoms with van der Waals surface area (Å²) < 4.78 is 7.32. The van der Waals surface area contributed by atoms with Crippen LogP contribution in [-0.4, -0.2) is 10.3 Å². The van der Waals surface area contributed by atoms with Crippen LogP contribution in [0.3, 0.4) is 0 Å². The van der Waals surface area contributed by atoms with Gasteiger partial charge < -0.3 is 0 Å². The average Bonchev–Trinajstić information content (AvgIpc) is 1.64. The molecular weight excluding hydrogens is 307 g/mol. The zero-order valence-electron chi connectivity index (χ0n) is 3.91. The van der Waals surface area contributed by atoms with Crippen molar-refractivity contribution in [1.29, 1.82) is 0 Å². The second-order valence-electron chi connectivity index (χ2n) is 0.838. The van der Waals surface area contributed by atoms with E-state index in [0.717, 1.165) is 0 Å². The van der Waals surface area contributed by atoms with E-state index in [2.05, 4.69) is 75.3 Å². The molecule has 0 unspecified atom stereocenters. The Morgan fingerprint density at radius 3 is 1.67 bits per heavy atom. The van der Waals surface area contributed by atoms with Crippen LogP contribution in [0.25, 0.3) is 0 Å². The standard InChI is InChI=1S/C2Br2N2PS2/c3-7(4,5-1-8)6-2-9/q+1. The van der Waals surface area contributed by atoms with Gasteiger partial charge in [0.05, 0.1) is 0 Å². The van der Waals surface area contributed by atoms with Gasteiger partial charge in [-0.3, -0.25) is 0 Å². The van der Waals surface area contributed by atoms with Crippen LogP contribution in [0.5, 0.6) is 0 Å². The van der Waals surface area contributed by atoms with Crippen LogP contribution in [0.4, 0.5) is 0 Å². The minimum Gasteiger partial charge on any atom is -0.0220 e. The van der Waals surface area contributed by atoms with Gasteiger partial charge in [-0.2, -0.15) is 0 Å². The van der Waals surface area contributed by atoms with Crippen LogP contribution >= 0.6 is 60.4 Å². The lowest BCUT2D eigenvalue weighted by Crippen LogP contribution is -1.55. The SMILES string of the molecule is S=C=N[P+](Br)(Br)N=C=S. The van der Waals surface area contributed by atoms with Gasteiger partial charge in [0.15, 0.2) is 0 Å². The van der Waals surface area contributed by atoms with Crippen LogP contribution in [-0.2, 0) is 0 Å². The molecule has 2 nitrogen and oxygen atoms in total. The molecule has 0 spiro atoms. The first kappa shape index (κ1) is 9.99. The summed E-state index contributed by atoms with van der Waals surface area (Å²) in [6, 6.07) is 0. The van der Waals surface area contributed by atoms with Crippen molar-refractivity contribution in [2.75, 3.05) is 0 Å². The number of thiocarbonyl (C=S) groups is 2. The summed E-state index contributed by atoms with van der Waals surface area (Å²) in [6.07, 6.45) is 0. The third kappa shape index (κ3) is 5.43. The molecule has 7 heteroatoms. The second kappa shape index (κ2) is 4.75. The number of hydrogen-bond acceptors (Lipinski definition) is 4. The van der Waals surface area contributed by atoms with E-state index in [1.54, 1.807) is 0 Å². The van der Waals surface area contributed by atoms with Crippen molar-refractivity contribution in [3.63, 3.8) is 0 Å². The Hall–Kier alpha value is 0.990. The normalized spacial score (nSPS) is 9.11. The largest absolute Gasteiger partial charge is 0.405 e. The van der Waals surface area contributed by atoms with Gasteiger partial charge >= 0.3 is 4.97 Å².